The Morgan fingerprint density at radius 3 is 2.62 bits per heavy atom. The summed E-state index contributed by atoms with van der Waals surface area (Å²) in [6.07, 6.45) is 3.20. The summed E-state index contributed by atoms with van der Waals surface area (Å²) in [6, 6.07) is 12.7. The number of aliphatic imine (C=N–C) groups is 2. The smallest absolute Gasteiger partial charge is 0.220 e. The minimum Gasteiger partial charge on any atom is -0.404 e. The van der Waals surface area contributed by atoms with Crippen molar-refractivity contribution in [1.29, 1.82) is 0 Å². The maximum Gasteiger partial charge on any atom is 0.220 e. The zero-order chi connectivity index (χ0) is 22.8. The van der Waals surface area contributed by atoms with Gasteiger partial charge < -0.3 is 16.0 Å². The molecule has 2 aromatic carbocycles. The van der Waals surface area contributed by atoms with Crippen LogP contribution < -0.4 is 11.5 Å². The van der Waals surface area contributed by atoms with Gasteiger partial charge in [-0.05, 0) is 36.2 Å². The van der Waals surface area contributed by atoms with Crippen LogP contribution in [-0.2, 0) is 4.79 Å². The minimum absolute atomic E-state index is 0.00395. The van der Waals surface area contributed by atoms with Crippen LogP contribution in [0.2, 0.25) is 5.02 Å². The van der Waals surface area contributed by atoms with Gasteiger partial charge >= 0.3 is 0 Å². The Bertz CT molecular complexity index is 1270. The van der Waals surface area contributed by atoms with E-state index in [0.29, 0.717) is 22.2 Å². The van der Waals surface area contributed by atoms with Gasteiger partial charge in [-0.1, -0.05) is 41.0 Å². The number of aromatic nitrogens is 1. The van der Waals surface area contributed by atoms with Crippen molar-refractivity contribution in [2.45, 2.75) is 19.4 Å². The average Bonchev–Trinajstić information content (AvgIpc) is 3.10. The number of amides is 1. The molecule has 0 radical (unpaired) electrons. The van der Waals surface area contributed by atoms with E-state index in [1.807, 2.05) is 37.3 Å². The Labute approximate surface area is 190 Å². The topological polar surface area (TPSA) is 120 Å². The van der Waals surface area contributed by atoms with Crippen molar-refractivity contribution in [3.63, 3.8) is 0 Å². The Hall–Kier alpha value is -3.71. The minimum atomic E-state index is -0.605. The van der Waals surface area contributed by atoms with Crippen LogP contribution in [0, 0.1) is 6.92 Å². The van der Waals surface area contributed by atoms with Crippen molar-refractivity contribution in [3.05, 3.63) is 81.8 Å². The lowest BCUT2D eigenvalue weighted by Crippen LogP contribution is -2.15. The number of nitrogens with zero attached hydrogens (tertiary/aromatic N) is 3. The van der Waals surface area contributed by atoms with Crippen molar-refractivity contribution in [1.82, 2.24) is 5.16 Å². The van der Waals surface area contributed by atoms with E-state index in [4.69, 9.17) is 32.6 Å². The molecule has 4 rings (SSSR count). The zero-order valence-electron chi connectivity index (χ0n) is 17.7. The second-order valence-corrected chi connectivity index (χ2v) is 7.88. The number of allylic oxidation sites excluding steroid dienone is 1. The first-order valence-electron chi connectivity index (χ1n) is 10.00. The van der Waals surface area contributed by atoms with E-state index in [1.54, 1.807) is 25.4 Å². The number of halogens is 1. The van der Waals surface area contributed by atoms with Gasteiger partial charge in [-0.15, -0.1) is 0 Å². The number of aryl methyl sites for hydroxylation is 1. The molecule has 0 bridgehead atoms. The molecule has 1 aromatic heterocycles. The summed E-state index contributed by atoms with van der Waals surface area (Å²) in [5, 5.41) is 4.76. The highest BCUT2D eigenvalue weighted by Crippen LogP contribution is 2.41. The van der Waals surface area contributed by atoms with E-state index in [1.165, 1.54) is 6.20 Å². The van der Waals surface area contributed by atoms with Gasteiger partial charge in [0.1, 0.15) is 6.04 Å². The number of hydrogen-bond donors (Lipinski definition) is 2. The standard InChI is InChI=1S/C24H22ClN5O2/c1-13-22-18-8-5-15(16(11-26)12-28-2)9-19(18)23(14-3-6-17(25)7-4-14)29-20(10-21(27)31)24(22)32-30-13/h3-9,11-12,20H,10,26H2,1-2H3,(H2,27,31)/b16-11+,28-12?/t20-/m0/s1. The number of fused-ring (bicyclic) bond motifs is 3. The lowest BCUT2D eigenvalue weighted by molar-refractivity contribution is -0.118. The fourth-order valence-electron chi connectivity index (χ4n) is 3.88. The predicted molar refractivity (Wildman–Crippen MR) is 127 cm³/mol. The van der Waals surface area contributed by atoms with Crippen LogP contribution in [0.1, 0.15) is 40.6 Å². The number of rotatable bonds is 5. The molecule has 0 saturated carbocycles. The summed E-state index contributed by atoms with van der Waals surface area (Å²) in [5.74, 6) is 0.0392. The van der Waals surface area contributed by atoms with Gasteiger partial charge in [-0.25, -0.2) is 0 Å². The van der Waals surface area contributed by atoms with E-state index in [0.717, 1.165) is 33.4 Å². The van der Waals surface area contributed by atoms with E-state index < -0.39 is 11.9 Å². The molecule has 1 atom stereocenters. The maximum atomic E-state index is 11.8. The molecule has 2 heterocycles. The third kappa shape index (κ3) is 3.94. The number of benzene rings is 2. The molecule has 32 heavy (non-hydrogen) atoms. The molecule has 1 aliphatic heterocycles. The van der Waals surface area contributed by atoms with Crippen molar-refractivity contribution in [2.75, 3.05) is 7.05 Å². The fraction of sp³-hybridized carbons (Fsp3) is 0.167. The maximum absolute atomic E-state index is 11.8. The van der Waals surface area contributed by atoms with Gasteiger partial charge in [0.2, 0.25) is 5.91 Å². The molecule has 162 valence electrons. The molecular formula is C24H22ClN5O2. The molecule has 0 aliphatic carbocycles. The molecule has 0 spiro atoms. The number of carbonyl (C=O) groups is 1. The first-order chi connectivity index (χ1) is 15.4. The molecule has 1 amide bonds. The third-order valence-corrected chi connectivity index (χ3v) is 5.57. The van der Waals surface area contributed by atoms with Crippen LogP contribution in [0.15, 0.2) is 63.2 Å². The molecule has 3 aromatic rings. The Balaban J connectivity index is 2.03. The average molecular weight is 448 g/mol. The highest BCUT2D eigenvalue weighted by atomic mass is 35.5. The summed E-state index contributed by atoms with van der Waals surface area (Å²) in [5.41, 5.74) is 17.8. The summed E-state index contributed by atoms with van der Waals surface area (Å²) in [4.78, 5) is 20.9. The summed E-state index contributed by atoms with van der Waals surface area (Å²) < 4.78 is 5.64. The fourth-order valence-corrected chi connectivity index (χ4v) is 4.01. The molecule has 0 saturated heterocycles. The normalized spacial score (nSPS) is 15.8. The molecule has 8 heteroatoms. The van der Waals surface area contributed by atoms with Crippen molar-refractivity contribution < 1.29 is 9.32 Å². The number of primary amides is 1. The Morgan fingerprint density at radius 1 is 1.22 bits per heavy atom. The molecule has 4 N–H and O–H groups in total. The van der Waals surface area contributed by atoms with E-state index in [9.17, 15) is 4.79 Å². The first kappa shape index (κ1) is 21.5. The van der Waals surface area contributed by atoms with Gasteiger partial charge in [0.15, 0.2) is 5.76 Å². The molecule has 0 fully saturated rings. The highest BCUT2D eigenvalue weighted by molar-refractivity contribution is 6.30. The summed E-state index contributed by atoms with van der Waals surface area (Å²) >= 11 is 6.12. The molecule has 7 nitrogen and oxygen atoms in total. The van der Waals surface area contributed by atoms with Gasteiger partial charge in [0.25, 0.3) is 0 Å². The van der Waals surface area contributed by atoms with Crippen LogP contribution in [0.3, 0.4) is 0 Å². The van der Waals surface area contributed by atoms with E-state index in [2.05, 4.69) is 10.1 Å². The largest absolute Gasteiger partial charge is 0.404 e. The zero-order valence-corrected chi connectivity index (χ0v) is 18.4. The Morgan fingerprint density at radius 2 is 1.97 bits per heavy atom. The van der Waals surface area contributed by atoms with Crippen LogP contribution in [-0.4, -0.2) is 30.0 Å². The van der Waals surface area contributed by atoms with Crippen LogP contribution >= 0.6 is 11.6 Å². The molecular weight excluding hydrogens is 426 g/mol. The quantitative estimate of drug-likeness (QED) is 0.572. The van der Waals surface area contributed by atoms with Crippen molar-refractivity contribution in [3.8, 4) is 11.1 Å². The van der Waals surface area contributed by atoms with Gasteiger partial charge in [0, 0.05) is 41.2 Å². The van der Waals surface area contributed by atoms with Crippen molar-refractivity contribution in [2.24, 2.45) is 21.5 Å². The second kappa shape index (κ2) is 8.80. The lowest BCUT2D eigenvalue weighted by Gasteiger charge is -2.14. The third-order valence-electron chi connectivity index (χ3n) is 5.31. The van der Waals surface area contributed by atoms with Gasteiger partial charge in [-0.3, -0.25) is 14.8 Å². The number of nitrogens with two attached hydrogens (primary N) is 2. The Kier molecular flexibility index (Phi) is 5.92. The summed E-state index contributed by atoms with van der Waals surface area (Å²) in [6.45, 7) is 1.86. The van der Waals surface area contributed by atoms with Crippen LogP contribution in [0.4, 0.5) is 0 Å². The monoisotopic (exact) mass is 447 g/mol. The molecule has 1 aliphatic rings. The second-order valence-electron chi connectivity index (χ2n) is 7.45. The number of carbonyl (C=O) groups excluding carboxylic acids is 1. The van der Waals surface area contributed by atoms with Gasteiger partial charge in [-0.2, -0.15) is 0 Å². The highest BCUT2D eigenvalue weighted by Gasteiger charge is 2.31. The predicted octanol–water partition coefficient (Wildman–Crippen LogP) is 4.07. The lowest BCUT2D eigenvalue weighted by atomic mass is 9.90. The van der Waals surface area contributed by atoms with Crippen LogP contribution in [0.5, 0.6) is 0 Å². The van der Waals surface area contributed by atoms with E-state index in [-0.39, 0.29) is 6.42 Å². The summed E-state index contributed by atoms with van der Waals surface area (Å²) in [7, 11) is 1.69. The number of hydrogen-bond acceptors (Lipinski definition) is 6. The molecule has 0 unspecified atom stereocenters. The van der Waals surface area contributed by atoms with E-state index >= 15 is 0 Å². The van der Waals surface area contributed by atoms with Gasteiger partial charge in [0.05, 0.1) is 23.4 Å². The SMILES string of the molecule is CN=C/C(=C\N)c1ccc2c(c1)C(c1ccc(Cl)cc1)=N[C@@H](CC(N)=O)c1onc(C)c1-2. The van der Waals surface area contributed by atoms with Crippen molar-refractivity contribution >= 4 is 35.0 Å². The first-order valence-corrected chi connectivity index (χ1v) is 10.4. The van der Waals surface area contributed by atoms with Crippen LogP contribution in [0.25, 0.3) is 16.7 Å².